The minimum Gasteiger partial charge on any atom is -0.285 e. The van der Waals surface area contributed by atoms with E-state index in [1.807, 2.05) is 0 Å². The van der Waals surface area contributed by atoms with Crippen LogP contribution in [0, 0.1) is 11.8 Å². The van der Waals surface area contributed by atoms with Gasteiger partial charge in [-0.1, -0.05) is 32.1 Å². The Kier molecular flexibility index (Phi) is 3.08. The number of amides is 2. The molecular formula is C12H19NO2. The second-order valence-electron chi connectivity index (χ2n) is 4.79. The number of carbonyl (C=O) groups is 2. The molecule has 2 fully saturated rings. The highest BCUT2D eigenvalue weighted by atomic mass is 16.2. The quantitative estimate of drug-likeness (QED) is 0.572. The molecule has 2 rings (SSSR count). The number of imide groups is 1. The van der Waals surface area contributed by atoms with Crippen molar-refractivity contribution in [1.29, 1.82) is 0 Å². The molecule has 1 aliphatic heterocycles. The van der Waals surface area contributed by atoms with E-state index in [1.54, 1.807) is 7.05 Å². The second kappa shape index (κ2) is 4.33. The zero-order chi connectivity index (χ0) is 10.8. The SMILES string of the molecule is CN1C(=O)C2CCCCCCCC2C1=O. The summed E-state index contributed by atoms with van der Waals surface area (Å²) in [5.41, 5.74) is 0. The van der Waals surface area contributed by atoms with Crippen molar-refractivity contribution in [3.63, 3.8) is 0 Å². The lowest BCUT2D eigenvalue weighted by Gasteiger charge is -2.12. The van der Waals surface area contributed by atoms with Crippen LogP contribution in [-0.2, 0) is 9.59 Å². The van der Waals surface area contributed by atoms with Gasteiger partial charge in [0.1, 0.15) is 0 Å². The van der Waals surface area contributed by atoms with E-state index in [9.17, 15) is 9.59 Å². The van der Waals surface area contributed by atoms with Gasteiger partial charge in [-0.25, -0.2) is 0 Å². The fraction of sp³-hybridized carbons (Fsp3) is 0.833. The molecule has 2 amide bonds. The van der Waals surface area contributed by atoms with Gasteiger partial charge in [-0.15, -0.1) is 0 Å². The lowest BCUT2D eigenvalue weighted by atomic mass is 9.88. The van der Waals surface area contributed by atoms with E-state index in [0.29, 0.717) is 0 Å². The maximum absolute atomic E-state index is 11.8. The Morgan fingerprint density at radius 2 is 1.27 bits per heavy atom. The number of carbonyl (C=O) groups excluding carboxylic acids is 2. The summed E-state index contributed by atoms with van der Waals surface area (Å²) in [5.74, 6) is 0.125. The van der Waals surface area contributed by atoms with Gasteiger partial charge in [-0.2, -0.15) is 0 Å². The summed E-state index contributed by atoms with van der Waals surface area (Å²) in [6, 6.07) is 0. The van der Waals surface area contributed by atoms with E-state index in [-0.39, 0.29) is 23.7 Å². The molecule has 0 radical (unpaired) electrons. The maximum atomic E-state index is 11.8. The third kappa shape index (κ3) is 1.92. The molecule has 1 aliphatic carbocycles. The van der Waals surface area contributed by atoms with Crippen LogP contribution in [0.5, 0.6) is 0 Å². The topological polar surface area (TPSA) is 37.4 Å². The molecule has 0 bridgehead atoms. The summed E-state index contributed by atoms with van der Waals surface area (Å²) in [7, 11) is 1.63. The minimum atomic E-state index is 0.000556. The number of fused-ring (bicyclic) bond motifs is 1. The molecule has 1 heterocycles. The molecule has 3 nitrogen and oxygen atoms in total. The van der Waals surface area contributed by atoms with Gasteiger partial charge >= 0.3 is 0 Å². The van der Waals surface area contributed by atoms with Crippen molar-refractivity contribution in [2.45, 2.75) is 44.9 Å². The average molecular weight is 209 g/mol. The summed E-state index contributed by atoms with van der Waals surface area (Å²) in [5, 5.41) is 0. The largest absolute Gasteiger partial charge is 0.285 e. The Bertz CT molecular complexity index is 249. The van der Waals surface area contributed by atoms with Gasteiger partial charge in [0.2, 0.25) is 11.8 Å². The number of hydrogen-bond acceptors (Lipinski definition) is 2. The highest BCUT2D eigenvalue weighted by Crippen LogP contribution is 2.34. The van der Waals surface area contributed by atoms with Gasteiger partial charge in [0.25, 0.3) is 0 Å². The number of rotatable bonds is 0. The van der Waals surface area contributed by atoms with Crippen LogP contribution in [0.4, 0.5) is 0 Å². The first-order chi connectivity index (χ1) is 7.22. The molecule has 0 aromatic rings. The van der Waals surface area contributed by atoms with Crippen molar-refractivity contribution in [3.8, 4) is 0 Å². The van der Waals surface area contributed by atoms with Gasteiger partial charge in [0.05, 0.1) is 11.8 Å². The molecular weight excluding hydrogens is 190 g/mol. The van der Waals surface area contributed by atoms with E-state index < -0.39 is 0 Å². The summed E-state index contributed by atoms with van der Waals surface area (Å²) in [6.45, 7) is 0. The smallest absolute Gasteiger partial charge is 0.232 e. The van der Waals surface area contributed by atoms with Crippen molar-refractivity contribution < 1.29 is 9.59 Å². The van der Waals surface area contributed by atoms with Crippen LogP contribution in [0.25, 0.3) is 0 Å². The highest BCUT2D eigenvalue weighted by Gasteiger charge is 2.44. The molecule has 2 aliphatic rings. The second-order valence-corrected chi connectivity index (χ2v) is 4.79. The highest BCUT2D eigenvalue weighted by molar-refractivity contribution is 6.04. The van der Waals surface area contributed by atoms with Gasteiger partial charge in [-0.05, 0) is 12.8 Å². The van der Waals surface area contributed by atoms with E-state index in [2.05, 4.69) is 0 Å². The van der Waals surface area contributed by atoms with Crippen molar-refractivity contribution >= 4 is 11.8 Å². The number of nitrogens with zero attached hydrogens (tertiary/aromatic N) is 1. The van der Waals surface area contributed by atoms with Gasteiger partial charge in [0.15, 0.2) is 0 Å². The third-order valence-corrected chi connectivity index (χ3v) is 3.81. The molecule has 2 unspecified atom stereocenters. The Balaban J connectivity index is 2.14. The standard InChI is InChI=1S/C12H19NO2/c1-13-11(14)9-7-5-3-2-4-6-8-10(9)12(13)15/h9-10H,2-8H2,1H3. The van der Waals surface area contributed by atoms with Crippen molar-refractivity contribution in [2.24, 2.45) is 11.8 Å². The minimum absolute atomic E-state index is 0.000556. The van der Waals surface area contributed by atoms with E-state index in [1.165, 1.54) is 24.2 Å². The lowest BCUT2D eigenvalue weighted by molar-refractivity contribution is -0.138. The molecule has 2 atom stereocenters. The van der Waals surface area contributed by atoms with Gasteiger partial charge in [0, 0.05) is 7.05 Å². The van der Waals surface area contributed by atoms with Crippen LogP contribution in [0.15, 0.2) is 0 Å². The van der Waals surface area contributed by atoms with E-state index in [0.717, 1.165) is 25.7 Å². The Labute approximate surface area is 90.8 Å². The van der Waals surface area contributed by atoms with Crippen LogP contribution >= 0.6 is 0 Å². The number of hydrogen-bond donors (Lipinski definition) is 0. The fourth-order valence-electron chi connectivity index (χ4n) is 2.86. The third-order valence-electron chi connectivity index (χ3n) is 3.81. The van der Waals surface area contributed by atoms with Crippen LogP contribution < -0.4 is 0 Å². The molecule has 0 aromatic heterocycles. The fourth-order valence-corrected chi connectivity index (χ4v) is 2.86. The van der Waals surface area contributed by atoms with Crippen LogP contribution in [0.1, 0.15) is 44.9 Å². The van der Waals surface area contributed by atoms with Crippen LogP contribution in [0.2, 0.25) is 0 Å². The predicted octanol–water partition coefficient (Wildman–Crippen LogP) is 1.96. The van der Waals surface area contributed by atoms with E-state index in [4.69, 9.17) is 0 Å². The summed E-state index contributed by atoms with van der Waals surface area (Å²) < 4.78 is 0. The van der Waals surface area contributed by atoms with Crippen molar-refractivity contribution in [1.82, 2.24) is 4.90 Å². The first-order valence-electron chi connectivity index (χ1n) is 6.03. The molecule has 0 N–H and O–H groups in total. The first-order valence-corrected chi connectivity index (χ1v) is 6.03. The summed E-state index contributed by atoms with van der Waals surface area (Å²) in [6.07, 6.45) is 7.74. The monoisotopic (exact) mass is 209 g/mol. The van der Waals surface area contributed by atoms with Crippen LogP contribution in [-0.4, -0.2) is 23.8 Å². The molecule has 84 valence electrons. The zero-order valence-corrected chi connectivity index (χ0v) is 9.37. The first kappa shape index (κ1) is 10.7. The Hall–Kier alpha value is -0.860. The average Bonchev–Trinajstić information content (AvgIpc) is 2.51. The lowest BCUT2D eigenvalue weighted by Crippen LogP contribution is -2.26. The van der Waals surface area contributed by atoms with Gasteiger partial charge < -0.3 is 0 Å². The Morgan fingerprint density at radius 1 is 0.867 bits per heavy atom. The van der Waals surface area contributed by atoms with E-state index >= 15 is 0 Å². The number of likely N-dealkylation sites (tertiary alicyclic amines) is 1. The predicted molar refractivity (Wildman–Crippen MR) is 57.1 cm³/mol. The molecule has 0 spiro atoms. The van der Waals surface area contributed by atoms with Gasteiger partial charge in [-0.3, -0.25) is 14.5 Å². The van der Waals surface area contributed by atoms with Crippen LogP contribution in [0.3, 0.4) is 0 Å². The molecule has 15 heavy (non-hydrogen) atoms. The molecule has 0 aromatic carbocycles. The zero-order valence-electron chi connectivity index (χ0n) is 9.37. The normalized spacial score (nSPS) is 33.3. The maximum Gasteiger partial charge on any atom is 0.232 e. The summed E-state index contributed by atoms with van der Waals surface area (Å²) >= 11 is 0. The Morgan fingerprint density at radius 3 is 1.73 bits per heavy atom. The van der Waals surface area contributed by atoms with Crippen molar-refractivity contribution in [3.05, 3.63) is 0 Å². The molecule has 1 saturated heterocycles. The molecule has 3 heteroatoms. The summed E-state index contributed by atoms with van der Waals surface area (Å²) in [4.78, 5) is 25.0. The van der Waals surface area contributed by atoms with Crippen molar-refractivity contribution in [2.75, 3.05) is 7.05 Å². The molecule has 1 saturated carbocycles.